The third kappa shape index (κ3) is 2.61. The average molecular weight is 300 g/mol. The highest BCUT2D eigenvalue weighted by Gasteiger charge is 2.21. The Kier molecular flexibility index (Phi) is 3.69. The van der Waals surface area contributed by atoms with Crippen LogP contribution in [0.4, 0.5) is 0 Å². The second-order valence-electron chi connectivity index (χ2n) is 4.12. The van der Waals surface area contributed by atoms with Crippen molar-refractivity contribution in [3.63, 3.8) is 0 Å². The van der Waals surface area contributed by atoms with Gasteiger partial charge in [-0.1, -0.05) is 22.0 Å². The molecule has 0 saturated carbocycles. The lowest BCUT2D eigenvalue weighted by atomic mass is 9.98. The summed E-state index contributed by atoms with van der Waals surface area (Å²) in [6, 6.07) is 2.92. The van der Waals surface area contributed by atoms with E-state index in [1.54, 1.807) is 0 Å². The molecule has 0 aliphatic carbocycles. The first-order valence-electron chi connectivity index (χ1n) is 5.51. The van der Waals surface area contributed by atoms with Gasteiger partial charge in [-0.2, -0.15) is 0 Å². The Bertz CT molecular complexity index is 448. The van der Waals surface area contributed by atoms with E-state index in [0.717, 1.165) is 34.2 Å². The van der Waals surface area contributed by atoms with Crippen molar-refractivity contribution in [1.82, 2.24) is 0 Å². The third-order valence-electron chi connectivity index (χ3n) is 2.86. The van der Waals surface area contributed by atoms with Crippen molar-refractivity contribution in [1.29, 1.82) is 0 Å². The van der Waals surface area contributed by atoms with Crippen LogP contribution >= 0.6 is 15.9 Å². The Balaban J connectivity index is 2.32. The fraction of sp³-hybridized carbons (Fsp3) is 0.417. The number of aliphatic carboxylic acids is 1. The molecule has 0 radical (unpaired) electrons. The van der Waals surface area contributed by atoms with Gasteiger partial charge in [-0.3, -0.25) is 4.79 Å². The number of hydrogen-bond acceptors (Lipinski definition) is 3. The number of carboxylic acids is 1. The highest BCUT2D eigenvalue weighted by Crippen LogP contribution is 2.35. The van der Waals surface area contributed by atoms with E-state index in [2.05, 4.69) is 15.9 Å². The molecule has 0 aromatic heterocycles. The summed E-state index contributed by atoms with van der Waals surface area (Å²) in [4.78, 5) is 10.8. The van der Waals surface area contributed by atoms with Crippen LogP contribution in [0.1, 0.15) is 17.5 Å². The molecule has 4 nitrogen and oxygen atoms in total. The maximum absolute atomic E-state index is 10.8. The van der Waals surface area contributed by atoms with Gasteiger partial charge in [-0.25, -0.2) is 0 Å². The van der Waals surface area contributed by atoms with Gasteiger partial charge in [0, 0.05) is 16.5 Å². The summed E-state index contributed by atoms with van der Waals surface area (Å²) >= 11 is 3.48. The van der Waals surface area contributed by atoms with E-state index in [1.807, 2.05) is 12.1 Å². The molecule has 0 bridgehead atoms. The van der Waals surface area contributed by atoms with E-state index >= 15 is 0 Å². The largest absolute Gasteiger partial charge is 0.493 e. The van der Waals surface area contributed by atoms with E-state index < -0.39 is 12.0 Å². The summed E-state index contributed by atoms with van der Waals surface area (Å²) in [5, 5.41) is 8.83. The Labute approximate surface area is 108 Å². The maximum Gasteiger partial charge on any atom is 0.320 e. The van der Waals surface area contributed by atoms with E-state index in [4.69, 9.17) is 15.6 Å². The van der Waals surface area contributed by atoms with Crippen molar-refractivity contribution in [2.75, 3.05) is 6.61 Å². The first-order valence-corrected chi connectivity index (χ1v) is 6.30. The molecule has 5 heteroatoms. The van der Waals surface area contributed by atoms with Crippen LogP contribution < -0.4 is 10.5 Å². The summed E-state index contributed by atoms with van der Waals surface area (Å²) in [5.74, 6) is -0.181. The van der Waals surface area contributed by atoms with E-state index in [0.29, 0.717) is 13.0 Å². The molecule has 1 unspecified atom stereocenters. The molecule has 3 N–H and O–H groups in total. The van der Waals surface area contributed by atoms with Crippen LogP contribution in [0.2, 0.25) is 0 Å². The lowest BCUT2D eigenvalue weighted by molar-refractivity contribution is -0.138. The van der Waals surface area contributed by atoms with Crippen molar-refractivity contribution in [3.05, 3.63) is 27.7 Å². The normalized spacial score (nSPS) is 15.9. The van der Waals surface area contributed by atoms with Gasteiger partial charge in [0.2, 0.25) is 0 Å². The van der Waals surface area contributed by atoms with Crippen LogP contribution in [0, 0.1) is 0 Å². The molecule has 0 fully saturated rings. The molecule has 1 heterocycles. The average Bonchev–Trinajstić information content (AvgIpc) is 2.33. The van der Waals surface area contributed by atoms with Gasteiger partial charge in [0.05, 0.1) is 6.61 Å². The quantitative estimate of drug-likeness (QED) is 0.891. The minimum atomic E-state index is -0.988. The fourth-order valence-corrected chi connectivity index (χ4v) is 2.48. The van der Waals surface area contributed by atoms with Crippen molar-refractivity contribution in [2.24, 2.45) is 5.73 Å². The van der Waals surface area contributed by atoms with Crippen LogP contribution in [0.3, 0.4) is 0 Å². The molecule has 1 aliphatic heterocycles. The fourth-order valence-electron chi connectivity index (χ4n) is 1.97. The first-order chi connectivity index (χ1) is 8.09. The number of benzene rings is 1. The molecule has 1 aromatic rings. The number of fused-ring (bicyclic) bond motifs is 1. The summed E-state index contributed by atoms with van der Waals surface area (Å²) in [6.07, 6.45) is 2.23. The van der Waals surface area contributed by atoms with Gasteiger partial charge in [0.15, 0.2) is 0 Å². The molecule has 0 saturated heterocycles. The molecular formula is C12H14BrNO3. The minimum absolute atomic E-state index is 0.297. The zero-order valence-electron chi connectivity index (χ0n) is 9.28. The lowest BCUT2D eigenvalue weighted by Gasteiger charge is -2.22. The molecule has 1 atom stereocenters. The van der Waals surface area contributed by atoms with Crippen LogP contribution in [0.5, 0.6) is 5.75 Å². The molecule has 0 spiro atoms. The zero-order chi connectivity index (χ0) is 12.4. The van der Waals surface area contributed by atoms with Crippen LogP contribution in [0.15, 0.2) is 16.6 Å². The number of rotatable bonds is 3. The van der Waals surface area contributed by atoms with Crippen molar-refractivity contribution < 1.29 is 14.6 Å². The van der Waals surface area contributed by atoms with Gasteiger partial charge in [-0.05, 0) is 24.5 Å². The number of hydrogen-bond donors (Lipinski definition) is 2. The predicted octanol–water partition coefficient (Wildman–Crippen LogP) is 1.73. The smallest absolute Gasteiger partial charge is 0.320 e. The molecular weight excluding hydrogens is 286 g/mol. The number of carboxylic acid groups (broad SMARTS) is 1. The Morgan fingerprint density at radius 1 is 1.59 bits per heavy atom. The van der Waals surface area contributed by atoms with Crippen LogP contribution in [0.25, 0.3) is 0 Å². The Hall–Kier alpha value is -1.07. The molecule has 1 aromatic carbocycles. The summed E-state index contributed by atoms with van der Waals surface area (Å²) < 4.78 is 6.65. The number of nitrogens with two attached hydrogens (primary N) is 1. The second-order valence-corrected chi connectivity index (χ2v) is 4.97. The highest BCUT2D eigenvalue weighted by molar-refractivity contribution is 9.10. The standard InChI is InChI=1S/C12H14BrNO3/c13-9-4-3-7(6-10(14)12(15)16)11-8(9)2-1-5-17-11/h3-4,10H,1-2,5-6,14H2,(H,15,16). The SMILES string of the molecule is NC(Cc1ccc(Br)c2c1OCCC2)C(=O)O. The molecule has 2 rings (SSSR count). The van der Waals surface area contributed by atoms with Gasteiger partial charge < -0.3 is 15.6 Å². The van der Waals surface area contributed by atoms with Gasteiger partial charge in [-0.15, -0.1) is 0 Å². The summed E-state index contributed by atoms with van der Waals surface area (Å²) in [6.45, 7) is 0.679. The van der Waals surface area contributed by atoms with Crippen LogP contribution in [-0.4, -0.2) is 23.7 Å². The minimum Gasteiger partial charge on any atom is -0.493 e. The summed E-state index contributed by atoms with van der Waals surface area (Å²) in [7, 11) is 0. The van der Waals surface area contributed by atoms with E-state index in [1.165, 1.54) is 0 Å². The van der Waals surface area contributed by atoms with E-state index in [-0.39, 0.29) is 0 Å². The zero-order valence-corrected chi connectivity index (χ0v) is 10.9. The number of carbonyl (C=O) groups is 1. The Morgan fingerprint density at radius 3 is 3.06 bits per heavy atom. The highest BCUT2D eigenvalue weighted by atomic mass is 79.9. The monoisotopic (exact) mass is 299 g/mol. The number of ether oxygens (including phenoxy) is 1. The molecule has 92 valence electrons. The van der Waals surface area contributed by atoms with Crippen LogP contribution in [-0.2, 0) is 17.6 Å². The van der Waals surface area contributed by atoms with Crippen molar-refractivity contribution >= 4 is 21.9 Å². The summed E-state index contributed by atoms with van der Waals surface area (Å²) in [5.41, 5.74) is 7.54. The van der Waals surface area contributed by atoms with Crippen molar-refractivity contribution in [3.8, 4) is 5.75 Å². The number of halogens is 1. The maximum atomic E-state index is 10.8. The lowest BCUT2D eigenvalue weighted by Crippen LogP contribution is -2.32. The van der Waals surface area contributed by atoms with Gasteiger partial charge >= 0.3 is 5.97 Å². The Morgan fingerprint density at radius 2 is 2.35 bits per heavy atom. The first kappa shape index (κ1) is 12.4. The predicted molar refractivity (Wildman–Crippen MR) is 67.3 cm³/mol. The van der Waals surface area contributed by atoms with Crippen molar-refractivity contribution in [2.45, 2.75) is 25.3 Å². The van der Waals surface area contributed by atoms with Gasteiger partial charge in [0.1, 0.15) is 11.8 Å². The van der Waals surface area contributed by atoms with E-state index in [9.17, 15) is 4.79 Å². The topological polar surface area (TPSA) is 72.5 Å². The second kappa shape index (κ2) is 5.06. The van der Waals surface area contributed by atoms with Gasteiger partial charge in [0.25, 0.3) is 0 Å². The molecule has 0 amide bonds. The third-order valence-corrected chi connectivity index (χ3v) is 3.60. The molecule has 17 heavy (non-hydrogen) atoms. The molecule has 1 aliphatic rings.